The first-order valence-corrected chi connectivity index (χ1v) is 7.42. The Morgan fingerprint density at radius 3 is 2.38 bits per heavy atom. The summed E-state index contributed by atoms with van der Waals surface area (Å²) in [7, 11) is 0. The quantitative estimate of drug-likeness (QED) is 0.687. The molecule has 16 heavy (non-hydrogen) atoms. The molecule has 0 amide bonds. The predicted molar refractivity (Wildman–Crippen MR) is 72.6 cm³/mol. The third-order valence-electron chi connectivity index (χ3n) is 3.88. The van der Waals surface area contributed by atoms with Gasteiger partial charge in [-0.2, -0.15) is 0 Å². The molecular weight excluding hydrogens is 196 g/mol. The van der Waals surface area contributed by atoms with Gasteiger partial charge in [0.1, 0.15) is 0 Å². The monoisotopic (exact) mass is 228 g/mol. The molecule has 1 nitrogen and oxygen atoms in total. The van der Waals surface area contributed by atoms with Crippen LogP contribution in [0, 0.1) is 11.8 Å². The molecule has 0 heterocycles. The van der Waals surface area contributed by atoms with Crippen molar-refractivity contribution in [3.63, 3.8) is 0 Å². The van der Waals surface area contributed by atoms with E-state index in [-0.39, 0.29) is 6.10 Å². The molecule has 0 aliphatic heterocycles. The molecule has 3 unspecified atom stereocenters. The first-order chi connectivity index (χ1) is 7.74. The minimum atomic E-state index is -0.0505. The van der Waals surface area contributed by atoms with Crippen LogP contribution in [0.5, 0.6) is 0 Å². The number of aliphatic hydroxyl groups excluding tert-OH is 1. The topological polar surface area (TPSA) is 20.2 Å². The van der Waals surface area contributed by atoms with Gasteiger partial charge in [0.2, 0.25) is 0 Å². The molecule has 0 spiro atoms. The molecule has 1 saturated carbocycles. The van der Waals surface area contributed by atoms with Crippen LogP contribution in [0.1, 0.15) is 79.1 Å². The third-order valence-corrected chi connectivity index (χ3v) is 3.88. The van der Waals surface area contributed by atoms with Gasteiger partial charge in [0.15, 0.2) is 0 Å². The van der Waals surface area contributed by atoms with Gasteiger partial charge in [-0.25, -0.2) is 0 Å². The van der Waals surface area contributed by atoms with Gasteiger partial charge in [-0.15, -0.1) is 0 Å². The lowest BCUT2D eigenvalue weighted by atomic mass is 9.85. The summed E-state index contributed by atoms with van der Waals surface area (Å²) >= 11 is 0. The van der Waals surface area contributed by atoms with E-state index >= 15 is 0 Å². The van der Waals surface area contributed by atoms with Crippen LogP contribution in [0.4, 0.5) is 0 Å². The van der Waals surface area contributed by atoms with E-state index in [0.29, 0.717) is 0 Å². The molecule has 1 aliphatic carbocycles. The summed E-state index contributed by atoms with van der Waals surface area (Å²) in [4.78, 5) is 0. The molecule has 1 rings (SSSR count). The maximum atomic E-state index is 9.55. The van der Waals surface area contributed by atoms with Crippen LogP contribution >= 0.6 is 0 Å². The summed E-state index contributed by atoms with van der Waals surface area (Å²) in [6.07, 6.45) is 10.2. The van der Waals surface area contributed by atoms with Crippen LogP contribution in [0.2, 0.25) is 0 Å². The van der Waals surface area contributed by atoms with Crippen molar-refractivity contribution >= 4 is 0 Å². The Morgan fingerprint density at radius 2 is 1.75 bits per heavy atom. The van der Waals surface area contributed by atoms with Gasteiger partial charge >= 0.3 is 0 Å². The van der Waals surface area contributed by atoms with Crippen molar-refractivity contribution in [3.05, 3.63) is 0 Å². The highest BCUT2D eigenvalue weighted by Crippen LogP contribution is 2.31. The smallest absolute Gasteiger partial charge is 0.0537 e. The minimum Gasteiger partial charge on any atom is -0.393 e. The Balaban J connectivity index is 0.00000106. The summed E-state index contributed by atoms with van der Waals surface area (Å²) in [6, 6.07) is 0. The maximum Gasteiger partial charge on any atom is 0.0537 e. The molecule has 0 saturated heterocycles. The van der Waals surface area contributed by atoms with Gasteiger partial charge in [-0.3, -0.25) is 0 Å². The van der Waals surface area contributed by atoms with E-state index in [1.54, 1.807) is 0 Å². The normalized spacial score (nSPS) is 27.6. The number of hydrogen-bond donors (Lipinski definition) is 1. The van der Waals surface area contributed by atoms with Crippen molar-refractivity contribution < 1.29 is 5.11 Å². The minimum absolute atomic E-state index is 0.0505. The molecule has 0 bridgehead atoms. The fourth-order valence-corrected chi connectivity index (χ4v) is 2.61. The van der Waals surface area contributed by atoms with Crippen molar-refractivity contribution in [1.29, 1.82) is 0 Å². The van der Waals surface area contributed by atoms with Crippen molar-refractivity contribution in [2.45, 2.75) is 85.2 Å². The molecule has 0 aromatic rings. The Labute approximate surface area is 103 Å². The fraction of sp³-hybridized carbons (Fsp3) is 1.00. The highest BCUT2D eigenvalue weighted by molar-refractivity contribution is 4.72. The molecule has 0 aromatic heterocycles. The molecular formula is C15H32O. The van der Waals surface area contributed by atoms with Crippen LogP contribution in [-0.2, 0) is 0 Å². The van der Waals surface area contributed by atoms with Crippen molar-refractivity contribution in [3.8, 4) is 0 Å². The molecule has 1 aliphatic rings. The van der Waals surface area contributed by atoms with E-state index in [1.807, 2.05) is 13.8 Å². The molecule has 1 fully saturated rings. The Morgan fingerprint density at radius 1 is 1.12 bits per heavy atom. The SMILES string of the molecule is CC.CCC(O)CCC1CCCCCC1C. The second-order valence-electron chi connectivity index (χ2n) is 5.01. The third kappa shape index (κ3) is 6.52. The standard InChI is InChI=1S/C13H26O.C2H6/c1-3-13(14)10-9-12-8-6-4-5-7-11(12)2;1-2/h11-14H,3-10H2,1-2H3;1-2H3. The van der Waals surface area contributed by atoms with Gasteiger partial charge in [0.25, 0.3) is 0 Å². The summed E-state index contributed by atoms with van der Waals surface area (Å²) in [6.45, 7) is 8.47. The van der Waals surface area contributed by atoms with Crippen LogP contribution in [0.25, 0.3) is 0 Å². The van der Waals surface area contributed by atoms with Crippen LogP contribution in [0.3, 0.4) is 0 Å². The van der Waals surface area contributed by atoms with E-state index in [2.05, 4.69) is 13.8 Å². The van der Waals surface area contributed by atoms with Crippen molar-refractivity contribution in [2.24, 2.45) is 11.8 Å². The maximum absolute atomic E-state index is 9.55. The molecule has 3 atom stereocenters. The summed E-state index contributed by atoms with van der Waals surface area (Å²) in [5.41, 5.74) is 0. The fourth-order valence-electron chi connectivity index (χ4n) is 2.61. The number of rotatable bonds is 4. The lowest BCUT2D eigenvalue weighted by molar-refractivity contribution is 0.142. The van der Waals surface area contributed by atoms with Crippen molar-refractivity contribution in [2.75, 3.05) is 0 Å². The molecule has 98 valence electrons. The second-order valence-corrected chi connectivity index (χ2v) is 5.01. The first-order valence-electron chi connectivity index (χ1n) is 7.42. The average Bonchev–Trinajstić information content (AvgIpc) is 2.53. The number of aliphatic hydroxyl groups is 1. The van der Waals surface area contributed by atoms with Crippen LogP contribution in [-0.4, -0.2) is 11.2 Å². The number of hydrogen-bond acceptors (Lipinski definition) is 1. The average molecular weight is 228 g/mol. The summed E-state index contributed by atoms with van der Waals surface area (Å²) in [5.74, 6) is 1.78. The van der Waals surface area contributed by atoms with Crippen LogP contribution < -0.4 is 0 Å². The van der Waals surface area contributed by atoms with Gasteiger partial charge in [0.05, 0.1) is 6.10 Å². The first kappa shape index (κ1) is 16.0. The lowest BCUT2D eigenvalue weighted by Crippen LogP contribution is -2.14. The summed E-state index contributed by atoms with van der Waals surface area (Å²) < 4.78 is 0. The molecule has 0 aromatic carbocycles. The lowest BCUT2D eigenvalue weighted by Gasteiger charge is -2.22. The van der Waals surface area contributed by atoms with E-state index in [9.17, 15) is 5.11 Å². The zero-order chi connectivity index (χ0) is 12.4. The van der Waals surface area contributed by atoms with Gasteiger partial charge in [0, 0.05) is 0 Å². The highest BCUT2D eigenvalue weighted by atomic mass is 16.3. The van der Waals surface area contributed by atoms with E-state index in [1.165, 1.54) is 38.5 Å². The second kappa shape index (κ2) is 10.1. The zero-order valence-corrected chi connectivity index (χ0v) is 11.8. The summed E-state index contributed by atoms with van der Waals surface area (Å²) in [5, 5.41) is 9.55. The molecule has 1 heteroatoms. The van der Waals surface area contributed by atoms with Gasteiger partial charge in [-0.05, 0) is 31.1 Å². The molecule has 0 radical (unpaired) electrons. The van der Waals surface area contributed by atoms with E-state index in [4.69, 9.17) is 0 Å². The zero-order valence-electron chi connectivity index (χ0n) is 11.8. The van der Waals surface area contributed by atoms with Gasteiger partial charge in [-0.1, -0.05) is 59.8 Å². The van der Waals surface area contributed by atoms with E-state index in [0.717, 1.165) is 24.7 Å². The highest BCUT2D eigenvalue weighted by Gasteiger charge is 2.20. The predicted octanol–water partition coefficient (Wildman–Crippen LogP) is 4.78. The van der Waals surface area contributed by atoms with Crippen molar-refractivity contribution in [1.82, 2.24) is 0 Å². The Kier molecular flexibility index (Phi) is 10.1. The Bertz CT molecular complexity index is 144. The largest absolute Gasteiger partial charge is 0.393 e. The molecule has 1 N–H and O–H groups in total. The van der Waals surface area contributed by atoms with E-state index < -0.39 is 0 Å². The van der Waals surface area contributed by atoms with Crippen LogP contribution in [0.15, 0.2) is 0 Å². The van der Waals surface area contributed by atoms with Gasteiger partial charge < -0.3 is 5.11 Å². The Hall–Kier alpha value is -0.0400.